The fourth-order valence-electron chi connectivity index (χ4n) is 2.00. The van der Waals surface area contributed by atoms with E-state index in [4.69, 9.17) is 4.74 Å². The number of halogens is 2. The summed E-state index contributed by atoms with van der Waals surface area (Å²) in [6, 6.07) is 14.1. The molecule has 0 aliphatic heterocycles. The number of esters is 1. The molecule has 0 aromatic heterocycles. The van der Waals surface area contributed by atoms with Gasteiger partial charge in [0.1, 0.15) is 17.4 Å². The lowest BCUT2D eigenvalue weighted by Crippen LogP contribution is -2.13. The molecular formula is C19H14BrIN2O4. The number of methoxy groups -OCH3 is 1. The predicted octanol–water partition coefficient (Wildman–Crippen LogP) is 4.15. The van der Waals surface area contributed by atoms with Crippen molar-refractivity contribution >= 4 is 62.2 Å². The maximum Gasteiger partial charge on any atom is 0.343 e. The van der Waals surface area contributed by atoms with Crippen LogP contribution in [0.4, 0.5) is 5.69 Å². The molecule has 0 spiro atoms. The molecule has 0 radical (unpaired) electrons. The van der Waals surface area contributed by atoms with Gasteiger partial charge in [-0.15, -0.1) is 0 Å². The Morgan fingerprint density at radius 2 is 2.07 bits per heavy atom. The Morgan fingerprint density at radius 3 is 2.70 bits per heavy atom. The normalized spacial score (nSPS) is 10.7. The number of ether oxygens (including phenoxy) is 2. The fraction of sp³-hybridized carbons (Fsp3) is 0.105. The molecule has 0 heterocycles. The highest BCUT2D eigenvalue weighted by Gasteiger charge is 2.11. The zero-order valence-electron chi connectivity index (χ0n) is 14.2. The molecule has 0 saturated carbocycles. The van der Waals surface area contributed by atoms with Crippen LogP contribution in [0.25, 0.3) is 6.08 Å². The van der Waals surface area contributed by atoms with Gasteiger partial charge in [0.05, 0.1) is 10.7 Å². The quantitative estimate of drug-likeness (QED) is 0.257. The lowest BCUT2D eigenvalue weighted by molar-refractivity contribution is -0.142. The average Bonchev–Trinajstić information content (AvgIpc) is 2.65. The highest BCUT2D eigenvalue weighted by atomic mass is 127. The predicted molar refractivity (Wildman–Crippen MR) is 113 cm³/mol. The SMILES string of the molecule is COC(=O)COc1ccc(/C=C(/C#N)C(=O)Nc2cccc(Br)c2)cc1I. The first kappa shape index (κ1) is 20.9. The summed E-state index contributed by atoms with van der Waals surface area (Å²) in [7, 11) is 1.28. The van der Waals surface area contributed by atoms with Crippen molar-refractivity contribution < 1.29 is 19.1 Å². The van der Waals surface area contributed by atoms with Crippen molar-refractivity contribution in [3.05, 3.63) is 61.6 Å². The second-order valence-electron chi connectivity index (χ2n) is 5.19. The van der Waals surface area contributed by atoms with E-state index in [-0.39, 0.29) is 12.2 Å². The summed E-state index contributed by atoms with van der Waals surface area (Å²) in [4.78, 5) is 23.5. The number of benzene rings is 2. The van der Waals surface area contributed by atoms with Crippen molar-refractivity contribution in [3.63, 3.8) is 0 Å². The number of hydrogen-bond acceptors (Lipinski definition) is 5. The Labute approximate surface area is 178 Å². The van der Waals surface area contributed by atoms with Gasteiger partial charge in [0.25, 0.3) is 5.91 Å². The Morgan fingerprint density at radius 1 is 1.30 bits per heavy atom. The van der Waals surface area contributed by atoms with Crippen molar-refractivity contribution in [2.24, 2.45) is 0 Å². The standard InChI is InChI=1S/C19H14BrIN2O4/c1-26-18(24)11-27-17-6-5-12(8-16(17)21)7-13(10-22)19(25)23-15-4-2-3-14(20)9-15/h2-9H,11H2,1H3,(H,23,25)/b13-7-. The minimum Gasteiger partial charge on any atom is -0.481 e. The summed E-state index contributed by atoms with van der Waals surface area (Å²) in [5.41, 5.74) is 1.21. The molecule has 2 aromatic rings. The van der Waals surface area contributed by atoms with Gasteiger partial charge in [-0.2, -0.15) is 5.26 Å². The van der Waals surface area contributed by atoms with Gasteiger partial charge in [0.2, 0.25) is 0 Å². The Bertz CT molecular complexity index is 938. The first-order valence-corrected chi connectivity index (χ1v) is 9.48. The van der Waals surface area contributed by atoms with Crippen LogP contribution in [0.3, 0.4) is 0 Å². The number of nitriles is 1. The van der Waals surface area contributed by atoms with Crippen molar-refractivity contribution in [1.29, 1.82) is 5.26 Å². The van der Waals surface area contributed by atoms with Crippen molar-refractivity contribution in [2.75, 3.05) is 19.0 Å². The molecule has 0 aliphatic rings. The van der Waals surface area contributed by atoms with E-state index in [1.54, 1.807) is 36.4 Å². The van der Waals surface area contributed by atoms with E-state index in [1.807, 2.05) is 34.7 Å². The molecule has 0 atom stereocenters. The number of carbonyl (C=O) groups excluding carboxylic acids is 2. The first-order chi connectivity index (χ1) is 12.9. The molecule has 0 saturated heterocycles. The Balaban J connectivity index is 2.14. The van der Waals surface area contributed by atoms with Crippen LogP contribution in [0.5, 0.6) is 5.75 Å². The number of nitrogens with zero attached hydrogens (tertiary/aromatic N) is 1. The summed E-state index contributed by atoms with van der Waals surface area (Å²) in [5, 5.41) is 12.0. The number of anilines is 1. The van der Waals surface area contributed by atoms with E-state index in [0.29, 0.717) is 17.0 Å². The molecule has 8 heteroatoms. The molecule has 0 aliphatic carbocycles. The molecule has 0 fully saturated rings. The molecule has 0 bridgehead atoms. The summed E-state index contributed by atoms with van der Waals surface area (Å²) >= 11 is 5.38. The second kappa shape index (κ2) is 10.1. The van der Waals surface area contributed by atoms with E-state index in [0.717, 1.165) is 8.04 Å². The molecule has 1 amide bonds. The third-order valence-electron chi connectivity index (χ3n) is 3.29. The number of hydrogen-bond donors (Lipinski definition) is 1. The zero-order valence-corrected chi connectivity index (χ0v) is 17.9. The van der Waals surface area contributed by atoms with E-state index in [2.05, 4.69) is 26.0 Å². The van der Waals surface area contributed by atoms with Crippen LogP contribution < -0.4 is 10.1 Å². The average molecular weight is 541 g/mol. The fourth-order valence-corrected chi connectivity index (χ4v) is 3.09. The number of carbonyl (C=O) groups is 2. The van der Waals surface area contributed by atoms with Gasteiger partial charge in [0, 0.05) is 10.2 Å². The van der Waals surface area contributed by atoms with Gasteiger partial charge in [-0.1, -0.05) is 28.1 Å². The number of amides is 1. The molecule has 6 nitrogen and oxygen atoms in total. The first-order valence-electron chi connectivity index (χ1n) is 7.61. The van der Waals surface area contributed by atoms with E-state index in [9.17, 15) is 14.9 Å². The van der Waals surface area contributed by atoms with Gasteiger partial charge in [0.15, 0.2) is 6.61 Å². The Kier molecular flexibility index (Phi) is 7.82. The van der Waals surface area contributed by atoms with Gasteiger partial charge in [-0.25, -0.2) is 4.79 Å². The van der Waals surface area contributed by atoms with Crippen LogP contribution in [0.1, 0.15) is 5.56 Å². The third-order valence-corrected chi connectivity index (χ3v) is 4.62. The number of nitrogens with one attached hydrogen (secondary N) is 1. The summed E-state index contributed by atoms with van der Waals surface area (Å²) in [6.07, 6.45) is 1.49. The van der Waals surface area contributed by atoms with Crippen LogP contribution in [0, 0.1) is 14.9 Å². The monoisotopic (exact) mass is 540 g/mol. The van der Waals surface area contributed by atoms with Crippen LogP contribution >= 0.6 is 38.5 Å². The van der Waals surface area contributed by atoms with Crippen molar-refractivity contribution in [2.45, 2.75) is 0 Å². The number of rotatable bonds is 6. The maximum absolute atomic E-state index is 12.3. The van der Waals surface area contributed by atoms with E-state index in [1.165, 1.54) is 13.2 Å². The van der Waals surface area contributed by atoms with Crippen molar-refractivity contribution in [3.8, 4) is 11.8 Å². The smallest absolute Gasteiger partial charge is 0.343 e. The van der Waals surface area contributed by atoms with Gasteiger partial charge < -0.3 is 14.8 Å². The largest absolute Gasteiger partial charge is 0.481 e. The molecule has 1 N–H and O–H groups in total. The summed E-state index contributed by atoms with van der Waals surface area (Å²) in [5.74, 6) is -0.474. The molecule has 138 valence electrons. The van der Waals surface area contributed by atoms with Crippen LogP contribution in [-0.4, -0.2) is 25.6 Å². The van der Waals surface area contributed by atoms with Crippen LogP contribution in [-0.2, 0) is 14.3 Å². The minimum atomic E-state index is -0.503. The van der Waals surface area contributed by atoms with Crippen LogP contribution in [0.15, 0.2) is 52.5 Å². The maximum atomic E-state index is 12.3. The Hall–Kier alpha value is -2.38. The van der Waals surface area contributed by atoms with E-state index >= 15 is 0 Å². The molecule has 0 unspecified atom stereocenters. The summed E-state index contributed by atoms with van der Waals surface area (Å²) < 4.78 is 11.4. The molecule has 27 heavy (non-hydrogen) atoms. The van der Waals surface area contributed by atoms with Gasteiger partial charge >= 0.3 is 5.97 Å². The molecule has 2 rings (SSSR count). The lowest BCUT2D eigenvalue weighted by Gasteiger charge is -2.08. The third kappa shape index (κ3) is 6.37. The highest BCUT2D eigenvalue weighted by molar-refractivity contribution is 14.1. The second-order valence-corrected chi connectivity index (χ2v) is 7.27. The topological polar surface area (TPSA) is 88.4 Å². The lowest BCUT2D eigenvalue weighted by atomic mass is 10.1. The zero-order chi connectivity index (χ0) is 19.8. The van der Waals surface area contributed by atoms with Crippen molar-refractivity contribution in [1.82, 2.24) is 0 Å². The van der Waals surface area contributed by atoms with Crippen LogP contribution in [0.2, 0.25) is 0 Å². The van der Waals surface area contributed by atoms with Gasteiger partial charge in [-0.3, -0.25) is 4.79 Å². The molecular weight excluding hydrogens is 527 g/mol. The van der Waals surface area contributed by atoms with E-state index < -0.39 is 11.9 Å². The summed E-state index contributed by atoms with van der Waals surface area (Å²) in [6.45, 7) is -0.194. The minimum absolute atomic E-state index is 0.0333. The van der Waals surface area contributed by atoms with Gasteiger partial charge in [-0.05, 0) is 64.6 Å². The molecule has 2 aromatic carbocycles. The highest BCUT2D eigenvalue weighted by Crippen LogP contribution is 2.24.